The van der Waals surface area contributed by atoms with Gasteiger partial charge in [0.1, 0.15) is 11.6 Å². The topological polar surface area (TPSA) is 98.7 Å². The number of carbonyl (C=O) groups excluding carboxylic acids is 3. The Morgan fingerprint density at radius 3 is 2.16 bits per heavy atom. The van der Waals surface area contributed by atoms with Crippen LogP contribution in [-0.4, -0.2) is 59.5 Å². The minimum atomic E-state index is -1.14. The summed E-state index contributed by atoms with van der Waals surface area (Å²) in [5.41, 5.74) is 2.76. The van der Waals surface area contributed by atoms with E-state index in [1.54, 1.807) is 24.0 Å². The molecule has 7 nitrogen and oxygen atoms in total. The average Bonchev–Trinajstić information content (AvgIpc) is 3.00. The van der Waals surface area contributed by atoms with Crippen LogP contribution >= 0.6 is 0 Å². The van der Waals surface area contributed by atoms with Crippen LogP contribution in [0.2, 0.25) is 0 Å². The lowest BCUT2D eigenvalue weighted by molar-refractivity contribution is -0.121. The van der Waals surface area contributed by atoms with Crippen LogP contribution in [-0.2, 0) is 17.6 Å². The number of halogens is 2. The molecule has 2 atom stereocenters. The maximum Gasteiger partial charge on any atom is 0.253 e. The molecule has 0 aliphatic rings. The number of nitrogens with zero attached hydrogens (tertiary/aromatic N) is 1. The quantitative estimate of drug-likeness (QED) is 0.178. The predicted octanol–water partition coefficient (Wildman–Crippen LogP) is 5.77. The number of aliphatic hydroxyl groups excluding tert-OH is 1. The van der Waals surface area contributed by atoms with Crippen molar-refractivity contribution < 1.29 is 28.3 Å². The molecule has 3 N–H and O–H groups in total. The SMILES string of the molecule is CCCN(CCC)C(=O)c1cc(C)cc(C(=O)N[C@@H](Cc2cc(F)cc(F)c2)[C@H](O)CCNC(=O)CCCc2ccccc2)c1. The van der Waals surface area contributed by atoms with Crippen molar-refractivity contribution in [3.05, 3.63) is 106 Å². The van der Waals surface area contributed by atoms with E-state index in [0.717, 1.165) is 48.6 Å². The Hall–Kier alpha value is -4.11. The van der Waals surface area contributed by atoms with Crippen molar-refractivity contribution in [2.24, 2.45) is 0 Å². The minimum absolute atomic E-state index is 0.0506. The Kier molecular flexibility index (Phi) is 14.1. The lowest BCUT2D eigenvalue weighted by Gasteiger charge is -2.25. The molecular weight excluding hydrogens is 576 g/mol. The van der Waals surface area contributed by atoms with Gasteiger partial charge in [0.25, 0.3) is 11.8 Å². The third-order valence-corrected chi connectivity index (χ3v) is 7.49. The van der Waals surface area contributed by atoms with Crippen LogP contribution in [0.25, 0.3) is 0 Å². The number of hydrogen-bond donors (Lipinski definition) is 3. The second-order valence-corrected chi connectivity index (χ2v) is 11.5. The Labute approximate surface area is 265 Å². The van der Waals surface area contributed by atoms with Crippen LogP contribution in [0.3, 0.4) is 0 Å². The summed E-state index contributed by atoms with van der Waals surface area (Å²) in [4.78, 5) is 40.9. The number of aryl methyl sites for hydroxylation is 2. The Bertz CT molecular complexity index is 1390. The first-order valence-corrected chi connectivity index (χ1v) is 15.7. The molecule has 3 rings (SSSR count). The normalized spacial score (nSPS) is 12.3. The highest BCUT2D eigenvalue weighted by molar-refractivity contribution is 6.00. The van der Waals surface area contributed by atoms with Crippen molar-refractivity contribution in [2.75, 3.05) is 19.6 Å². The molecule has 0 radical (unpaired) electrons. The van der Waals surface area contributed by atoms with Crippen molar-refractivity contribution in [1.29, 1.82) is 0 Å². The lowest BCUT2D eigenvalue weighted by Crippen LogP contribution is -2.46. The zero-order chi connectivity index (χ0) is 32.8. The fourth-order valence-corrected chi connectivity index (χ4v) is 5.34. The van der Waals surface area contributed by atoms with Crippen molar-refractivity contribution in [2.45, 2.75) is 77.9 Å². The number of carbonyl (C=O) groups is 3. The molecule has 0 aliphatic carbocycles. The second-order valence-electron chi connectivity index (χ2n) is 11.5. The molecule has 242 valence electrons. The zero-order valence-corrected chi connectivity index (χ0v) is 26.5. The van der Waals surface area contributed by atoms with Gasteiger partial charge in [0.15, 0.2) is 0 Å². The van der Waals surface area contributed by atoms with Crippen LogP contribution in [0.15, 0.2) is 66.7 Å². The second kappa shape index (κ2) is 18.0. The van der Waals surface area contributed by atoms with Crippen LogP contribution in [0.4, 0.5) is 8.78 Å². The predicted molar refractivity (Wildman–Crippen MR) is 172 cm³/mol. The number of benzene rings is 3. The smallest absolute Gasteiger partial charge is 0.253 e. The molecule has 0 heterocycles. The molecule has 45 heavy (non-hydrogen) atoms. The molecule has 0 aromatic heterocycles. The third kappa shape index (κ3) is 11.7. The standard InChI is InChI=1S/C36H45F2N3O4/c1-4-16-41(17-5-2)36(45)29-19-25(3)18-28(23-29)35(44)40-32(22-27-20-30(37)24-31(38)21-27)33(42)14-15-39-34(43)13-9-12-26-10-7-6-8-11-26/h6-8,10-11,18-21,23-24,32-33,42H,4-5,9,12-17,22H2,1-3H3,(H,39,43)(H,40,44)/t32-,33+/m0/s1. The van der Waals surface area contributed by atoms with Gasteiger partial charge in [-0.05, 0) is 92.5 Å². The summed E-state index contributed by atoms with van der Waals surface area (Å²) in [6.45, 7) is 7.15. The van der Waals surface area contributed by atoms with E-state index in [1.165, 1.54) is 6.07 Å². The average molecular weight is 622 g/mol. The van der Waals surface area contributed by atoms with Gasteiger partial charge in [-0.3, -0.25) is 14.4 Å². The highest BCUT2D eigenvalue weighted by Crippen LogP contribution is 2.17. The lowest BCUT2D eigenvalue weighted by atomic mass is 9.97. The summed E-state index contributed by atoms with van der Waals surface area (Å²) in [5, 5.41) is 16.7. The molecule has 0 unspecified atom stereocenters. The van der Waals surface area contributed by atoms with Crippen molar-refractivity contribution in [1.82, 2.24) is 15.5 Å². The van der Waals surface area contributed by atoms with Gasteiger partial charge in [-0.1, -0.05) is 44.2 Å². The van der Waals surface area contributed by atoms with Crippen molar-refractivity contribution >= 4 is 17.7 Å². The molecule has 0 saturated heterocycles. The number of nitrogens with one attached hydrogen (secondary N) is 2. The number of hydrogen-bond acceptors (Lipinski definition) is 4. The van der Waals surface area contributed by atoms with Crippen LogP contribution in [0, 0.1) is 18.6 Å². The Morgan fingerprint density at radius 2 is 1.51 bits per heavy atom. The number of rotatable bonds is 17. The Morgan fingerprint density at radius 1 is 0.867 bits per heavy atom. The van der Waals surface area contributed by atoms with Crippen LogP contribution in [0.1, 0.15) is 83.4 Å². The maximum absolute atomic E-state index is 14.0. The van der Waals surface area contributed by atoms with E-state index in [4.69, 9.17) is 0 Å². The van der Waals surface area contributed by atoms with Crippen molar-refractivity contribution in [3.8, 4) is 0 Å². The molecule has 0 bridgehead atoms. The first-order chi connectivity index (χ1) is 21.6. The Balaban J connectivity index is 1.69. The summed E-state index contributed by atoms with van der Waals surface area (Å²) < 4.78 is 27.9. The van der Waals surface area contributed by atoms with Gasteiger partial charge in [0, 0.05) is 43.2 Å². The van der Waals surface area contributed by atoms with Crippen LogP contribution < -0.4 is 10.6 Å². The molecule has 3 aromatic rings. The largest absolute Gasteiger partial charge is 0.391 e. The van der Waals surface area contributed by atoms with Gasteiger partial charge in [-0.15, -0.1) is 0 Å². The van der Waals surface area contributed by atoms with E-state index in [9.17, 15) is 28.3 Å². The third-order valence-electron chi connectivity index (χ3n) is 7.49. The summed E-state index contributed by atoms with van der Waals surface area (Å²) >= 11 is 0. The first kappa shape index (κ1) is 35.4. The fourth-order valence-electron chi connectivity index (χ4n) is 5.34. The zero-order valence-electron chi connectivity index (χ0n) is 26.5. The van der Waals surface area contributed by atoms with E-state index in [2.05, 4.69) is 10.6 Å². The highest BCUT2D eigenvalue weighted by Gasteiger charge is 2.24. The highest BCUT2D eigenvalue weighted by atomic mass is 19.1. The van der Waals surface area contributed by atoms with Gasteiger partial charge in [0.05, 0.1) is 12.1 Å². The number of amides is 3. The van der Waals surface area contributed by atoms with Gasteiger partial charge >= 0.3 is 0 Å². The van der Waals surface area contributed by atoms with Crippen LogP contribution in [0.5, 0.6) is 0 Å². The molecule has 3 aromatic carbocycles. The molecule has 0 saturated carbocycles. The monoisotopic (exact) mass is 621 g/mol. The minimum Gasteiger partial charge on any atom is -0.391 e. The van der Waals surface area contributed by atoms with E-state index in [0.29, 0.717) is 31.5 Å². The fraction of sp³-hybridized carbons (Fsp3) is 0.417. The van der Waals surface area contributed by atoms with E-state index in [-0.39, 0.29) is 42.3 Å². The van der Waals surface area contributed by atoms with E-state index < -0.39 is 29.7 Å². The summed E-state index contributed by atoms with van der Waals surface area (Å²) in [7, 11) is 0. The van der Waals surface area contributed by atoms with E-state index in [1.807, 2.05) is 44.2 Å². The van der Waals surface area contributed by atoms with Gasteiger partial charge < -0.3 is 20.6 Å². The molecule has 0 spiro atoms. The van der Waals surface area contributed by atoms with E-state index >= 15 is 0 Å². The van der Waals surface area contributed by atoms with Gasteiger partial charge in [0.2, 0.25) is 5.91 Å². The summed E-state index contributed by atoms with van der Waals surface area (Å²) in [6, 6.07) is 16.9. The van der Waals surface area contributed by atoms with Crippen molar-refractivity contribution in [3.63, 3.8) is 0 Å². The molecule has 3 amide bonds. The first-order valence-electron chi connectivity index (χ1n) is 15.7. The summed E-state index contributed by atoms with van der Waals surface area (Å²) in [5.74, 6) is -2.38. The molecule has 0 aliphatic heterocycles. The maximum atomic E-state index is 14.0. The van der Waals surface area contributed by atoms with Gasteiger partial charge in [-0.25, -0.2) is 8.78 Å². The summed E-state index contributed by atoms with van der Waals surface area (Å²) in [6.07, 6.45) is 2.31. The number of aliphatic hydroxyl groups is 1. The molecule has 9 heteroatoms. The molecular formula is C36H45F2N3O4. The molecule has 0 fully saturated rings. The van der Waals surface area contributed by atoms with Gasteiger partial charge in [-0.2, -0.15) is 0 Å².